The van der Waals surface area contributed by atoms with Gasteiger partial charge in [-0.25, -0.2) is 4.39 Å². The van der Waals surface area contributed by atoms with Crippen LogP contribution < -0.4 is 5.73 Å². The van der Waals surface area contributed by atoms with Crippen LogP contribution in [0, 0.1) is 19.7 Å². The highest BCUT2D eigenvalue weighted by Crippen LogP contribution is 2.30. The quantitative estimate of drug-likeness (QED) is 0.652. The normalized spacial score (nSPS) is 10.7. The zero-order valence-corrected chi connectivity index (χ0v) is 12.4. The molecule has 0 aliphatic rings. The first kappa shape index (κ1) is 14.8. The second-order valence-corrected chi connectivity index (χ2v) is 5.40. The molecule has 5 heteroatoms. The van der Waals surface area contributed by atoms with Crippen LogP contribution in [0.2, 0.25) is 10.0 Å². The number of anilines is 1. The molecule has 2 aromatic rings. The summed E-state index contributed by atoms with van der Waals surface area (Å²) in [6, 6.07) is 5.91. The minimum Gasteiger partial charge on any atom is -0.399 e. The van der Waals surface area contributed by atoms with Crippen molar-refractivity contribution >= 4 is 34.7 Å². The van der Waals surface area contributed by atoms with E-state index < -0.39 is 0 Å². The number of carbonyl (C=O) groups is 1. The van der Waals surface area contributed by atoms with E-state index in [-0.39, 0.29) is 27.2 Å². The molecule has 0 aliphatic carbocycles. The number of nitrogens with two attached hydrogens (primary N) is 1. The Morgan fingerprint density at radius 1 is 1.10 bits per heavy atom. The van der Waals surface area contributed by atoms with E-state index in [1.165, 1.54) is 24.3 Å². The Kier molecular flexibility index (Phi) is 4.02. The molecule has 2 rings (SSSR count). The van der Waals surface area contributed by atoms with Gasteiger partial charge in [0.15, 0.2) is 5.78 Å². The van der Waals surface area contributed by atoms with E-state index in [0.717, 1.165) is 0 Å². The highest BCUT2D eigenvalue weighted by Gasteiger charge is 2.18. The Bertz CT molecular complexity index is 690. The Morgan fingerprint density at radius 3 is 2.20 bits per heavy atom. The molecule has 0 bridgehead atoms. The van der Waals surface area contributed by atoms with Crippen LogP contribution in [0.25, 0.3) is 0 Å². The fraction of sp³-hybridized carbons (Fsp3) is 0.133. The van der Waals surface area contributed by atoms with E-state index in [0.29, 0.717) is 22.4 Å². The van der Waals surface area contributed by atoms with Gasteiger partial charge in [-0.05, 0) is 49.2 Å². The van der Waals surface area contributed by atoms with Crippen molar-refractivity contribution in [3.05, 3.63) is 62.4 Å². The van der Waals surface area contributed by atoms with Crippen molar-refractivity contribution in [2.75, 3.05) is 5.73 Å². The lowest BCUT2D eigenvalue weighted by Crippen LogP contribution is -2.05. The number of hydrogen-bond donors (Lipinski definition) is 1. The van der Waals surface area contributed by atoms with E-state index in [1.807, 2.05) is 0 Å². The number of aryl methyl sites for hydroxylation is 2. The van der Waals surface area contributed by atoms with E-state index in [9.17, 15) is 9.18 Å². The van der Waals surface area contributed by atoms with E-state index in [4.69, 9.17) is 28.9 Å². The van der Waals surface area contributed by atoms with Crippen LogP contribution in [0.3, 0.4) is 0 Å². The fourth-order valence-corrected chi connectivity index (χ4v) is 2.43. The van der Waals surface area contributed by atoms with Gasteiger partial charge in [-0.2, -0.15) is 0 Å². The smallest absolute Gasteiger partial charge is 0.194 e. The molecule has 2 N–H and O–H groups in total. The van der Waals surface area contributed by atoms with Gasteiger partial charge in [0, 0.05) is 16.8 Å². The van der Waals surface area contributed by atoms with Crippen molar-refractivity contribution in [3.63, 3.8) is 0 Å². The number of ketones is 1. The number of rotatable bonds is 2. The lowest BCUT2D eigenvalue weighted by Gasteiger charge is -2.09. The highest BCUT2D eigenvalue weighted by atomic mass is 35.5. The number of hydrogen-bond acceptors (Lipinski definition) is 2. The molecular formula is C15H12Cl2FNO. The molecule has 0 aliphatic heterocycles. The van der Waals surface area contributed by atoms with Crippen molar-refractivity contribution in [1.29, 1.82) is 0 Å². The zero-order valence-electron chi connectivity index (χ0n) is 10.9. The van der Waals surface area contributed by atoms with Crippen molar-refractivity contribution in [2.45, 2.75) is 13.8 Å². The first-order valence-corrected chi connectivity index (χ1v) is 6.63. The molecule has 0 fully saturated rings. The number of halogens is 3. The van der Waals surface area contributed by atoms with Crippen molar-refractivity contribution < 1.29 is 9.18 Å². The summed E-state index contributed by atoms with van der Waals surface area (Å²) in [6.45, 7) is 3.21. The fourth-order valence-electron chi connectivity index (χ4n) is 2.01. The molecule has 0 heterocycles. The minimum absolute atomic E-state index is 0.144. The summed E-state index contributed by atoms with van der Waals surface area (Å²) in [5, 5.41) is 0.357. The standard InChI is InChI=1S/C15H12Cl2FNO/c1-7-3-9(4-8(2)14(7)18)15(20)11-5-10(19)6-12(16)13(11)17/h3-6H,19H2,1-2H3. The zero-order chi connectivity index (χ0) is 15.0. The average molecular weight is 312 g/mol. The molecule has 0 atom stereocenters. The second kappa shape index (κ2) is 5.43. The molecule has 104 valence electrons. The SMILES string of the molecule is Cc1cc(C(=O)c2cc(N)cc(Cl)c2Cl)cc(C)c1F. The largest absolute Gasteiger partial charge is 0.399 e. The van der Waals surface area contributed by atoms with Gasteiger partial charge in [-0.3, -0.25) is 4.79 Å². The van der Waals surface area contributed by atoms with Gasteiger partial charge in [0.1, 0.15) is 5.82 Å². The number of benzene rings is 2. The van der Waals surface area contributed by atoms with Gasteiger partial charge >= 0.3 is 0 Å². The third-order valence-electron chi connectivity index (χ3n) is 2.99. The molecule has 0 saturated heterocycles. The van der Waals surface area contributed by atoms with E-state index >= 15 is 0 Å². The Hall–Kier alpha value is -1.58. The third-order valence-corrected chi connectivity index (χ3v) is 3.80. The monoisotopic (exact) mass is 311 g/mol. The van der Waals surface area contributed by atoms with Crippen LogP contribution in [-0.4, -0.2) is 5.78 Å². The Balaban J connectivity index is 2.58. The molecule has 0 spiro atoms. The Labute approximate surface area is 126 Å². The molecule has 0 saturated carbocycles. The average Bonchev–Trinajstić information content (AvgIpc) is 2.38. The molecule has 2 aromatic carbocycles. The van der Waals surface area contributed by atoms with Crippen molar-refractivity contribution in [1.82, 2.24) is 0 Å². The molecule has 0 radical (unpaired) electrons. The number of carbonyl (C=O) groups excluding carboxylic acids is 1. The topological polar surface area (TPSA) is 43.1 Å². The van der Waals surface area contributed by atoms with Crippen molar-refractivity contribution in [2.24, 2.45) is 0 Å². The summed E-state index contributed by atoms with van der Waals surface area (Å²) in [7, 11) is 0. The van der Waals surface area contributed by atoms with Crippen LogP contribution in [-0.2, 0) is 0 Å². The van der Waals surface area contributed by atoms with Gasteiger partial charge in [0.05, 0.1) is 10.0 Å². The maximum Gasteiger partial charge on any atom is 0.194 e. The molecule has 20 heavy (non-hydrogen) atoms. The predicted octanol–water partition coefficient (Wildman–Crippen LogP) is 4.56. The van der Waals surface area contributed by atoms with E-state index in [1.54, 1.807) is 13.8 Å². The minimum atomic E-state index is -0.338. The maximum atomic E-state index is 13.6. The van der Waals surface area contributed by atoms with Gasteiger partial charge in [0.25, 0.3) is 0 Å². The lowest BCUT2D eigenvalue weighted by atomic mass is 9.98. The summed E-state index contributed by atoms with van der Waals surface area (Å²) < 4.78 is 13.6. The third kappa shape index (κ3) is 2.65. The molecular weight excluding hydrogens is 300 g/mol. The van der Waals surface area contributed by atoms with Crippen LogP contribution >= 0.6 is 23.2 Å². The Morgan fingerprint density at radius 2 is 1.65 bits per heavy atom. The highest BCUT2D eigenvalue weighted by molar-refractivity contribution is 6.44. The maximum absolute atomic E-state index is 13.6. The molecule has 2 nitrogen and oxygen atoms in total. The predicted molar refractivity (Wildman–Crippen MR) is 80.2 cm³/mol. The second-order valence-electron chi connectivity index (χ2n) is 4.62. The van der Waals surface area contributed by atoms with Crippen molar-refractivity contribution in [3.8, 4) is 0 Å². The summed E-state index contributed by atoms with van der Waals surface area (Å²) in [4.78, 5) is 12.5. The van der Waals surface area contributed by atoms with Crippen LogP contribution in [0.1, 0.15) is 27.0 Å². The van der Waals surface area contributed by atoms with Crippen LogP contribution in [0.5, 0.6) is 0 Å². The lowest BCUT2D eigenvalue weighted by molar-refractivity contribution is 0.103. The summed E-state index contributed by atoms with van der Waals surface area (Å²) in [6.07, 6.45) is 0. The van der Waals surface area contributed by atoms with Crippen LogP contribution in [0.4, 0.5) is 10.1 Å². The summed E-state index contributed by atoms with van der Waals surface area (Å²) in [5.74, 6) is -0.659. The first-order valence-electron chi connectivity index (χ1n) is 5.87. The van der Waals surface area contributed by atoms with E-state index in [2.05, 4.69) is 0 Å². The summed E-state index contributed by atoms with van der Waals surface area (Å²) in [5.41, 5.74) is 7.39. The molecule has 0 unspecified atom stereocenters. The summed E-state index contributed by atoms with van der Waals surface area (Å²) >= 11 is 12.0. The first-order chi connectivity index (χ1) is 9.31. The van der Waals surface area contributed by atoms with Gasteiger partial charge in [-0.1, -0.05) is 23.2 Å². The van der Waals surface area contributed by atoms with Gasteiger partial charge in [0.2, 0.25) is 0 Å². The van der Waals surface area contributed by atoms with Crippen LogP contribution in [0.15, 0.2) is 24.3 Å². The molecule has 0 amide bonds. The molecule has 0 aromatic heterocycles. The van der Waals surface area contributed by atoms with Gasteiger partial charge < -0.3 is 5.73 Å². The van der Waals surface area contributed by atoms with Gasteiger partial charge in [-0.15, -0.1) is 0 Å². The number of nitrogen functional groups attached to an aromatic ring is 1.